The Bertz CT molecular complexity index is 1060. The summed E-state index contributed by atoms with van der Waals surface area (Å²) in [6, 6.07) is 8.46. The maximum atomic E-state index is 14.8. The monoisotopic (exact) mass is 537 g/mol. The van der Waals surface area contributed by atoms with Crippen molar-refractivity contribution in [2.45, 2.75) is 32.1 Å². The number of halogens is 2. The van der Waals surface area contributed by atoms with Gasteiger partial charge in [-0.15, -0.1) is 12.8 Å². The van der Waals surface area contributed by atoms with E-state index in [0.29, 0.717) is 13.0 Å². The van der Waals surface area contributed by atoms with Crippen LogP contribution in [0.15, 0.2) is 41.3 Å². The molecule has 0 radical (unpaired) electrons. The third kappa shape index (κ3) is 10.2. The first-order valence-electron chi connectivity index (χ1n) is 11.5. The molecule has 0 aliphatic rings. The lowest BCUT2D eigenvalue weighted by Crippen LogP contribution is -2.42. The summed E-state index contributed by atoms with van der Waals surface area (Å²) in [7, 11) is -0.608. The molecule has 0 aromatic heterocycles. The maximum absolute atomic E-state index is 14.8. The van der Waals surface area contributed by atoms with Gasteiger partial charge in [-0.3, -0.25) is 4.79 Å². The zero-order chi connectivity index (χ0) is 28.0. The van der Waals surface area contributed by atoms with Gasteiger partial charge in [-0.1, -0.05) is 24.6 Å². The van der Waals surface area contributed by atoms with Gasteiger partial charge < -0.3 is 19.7 Å². The van der Waals surface area contributed by atoms with Crippen LogP contribution < -0.4 is 10.1 Å². The highest BCUT2D eigenvalue weighted by atomic mass is 32.2. The smallest absolute Gasteiger partial charge is 0.409 e. The Hall–Kier alpha value is -3.49. The van der Waals surface area contributed by atoms with E-state index in [1.165, 1.54) is 16.3 Å². The van der Waals surface area contributed by atoms with Crippen LogP contribution in [0.3, 0.4) is 0 Å². The summed E-state index contributed by atoms with van der Waals surface area (Å²) in [6.07, 6.45) is 8.13. The molecule has 0 saturated carbocycles. The van der Waals surface area contributed by atoms with Gasteiger partial charge in [0.15, 0.2) is 17.4 Å². The largest absolute Gasteiger partial charge is 0.451 e. The Morgan fingerprint density at radius 1 is 1.05 bits per heavy atom. The molecule has 8 nitrogen and oxygen atoms in total. The first kappa shape index (κ1) is 31.5. The number of ether oxygens (including phenoxy) is 2. The number of amides is 2. The van der Waals surface area contributed by atoms with Crippen LogP contribution in [0.5, 0.6) is 11.5 Å². The SMILES string of the molecule is C#C.CCCNC(=O)CN(CCN(C)C(=O)OCC)S(=O)c1cc(F)c(Oc2ccc(C)cc2)c(F)c1. The van der Waals surface area contributed by atoms with Crippen LogP contribution in [0.4, 0.5) is 13.6 Å². The normalized spacial score (nSPS) is 11.2. The Kier molecular flexibility index (Phi) is 13.9. The average Bonchev–Trinajstić information content (AvgIpc) is 2.89. The van der Waals surface area contributed by atoms with E-state index in [1.807, 2.05) is 13.8 Å². The molecular formula is C26H33F2N3O5S. The van der Waals surface area contributed by atoms with Crippen molar-refractivity contribution in [1.82, 2.24) is 14.5 Å². The van der Waals surface area contributed by atoms with E-state index >= 15 is 0 Å². The molecule has 2 rings (SSSR count). The number of terminal acetylenes is 1. The van der Waals surface area contributed by atoms with Crippen LogP contribution in [-0.4, -0.2) is 65.2 Å². The lowest BCUT2D eigenvalue weighted by Gasteiger charge is -2.24. The van der Waals surface area contributed by atoms with Gasteiger partial charge in [0.1, 0.15) is 16.7 Å². The third-order valence-electron chi connectivity index (χ3n) is 4.81. The summed E-state index contributed by atoms with van der Waals surface area (Å²) in [5.41, 5.74) is 0.959. The molecule has 37 heavy (non-hydrogen) atoms. The van der Waals surface area contributed by atoms with E-state index < -0.39 is 40.4 Å². The van der Waals surface area contributed by atoms with Crippen LogP contribution in [-0.2, 0) is 20.5 Å². The summed E-state index contributed by atoms with van der Waals surface area (Å²) in [5.74, 6) is -2.84. The van der Waals surface area contributed by atoms with Gasteiger partial charge >= 0.3 is 6.09 Å². The molecule has 1 atom stereocenters. The molecule has 0 spiro atoms. The van der Waals surface area contributed by atoms with Gasteiger partial charge in [-0.25, -0.2) is 22.1 Å². The minimum absolute atomic E-state index is 0.00761. The molecule has 2 aromatic carbocycles. The molecular weight excluding hydrogens is 504 g/mol. The number of carbonyl (C=O) groups is 2. The van der Waals surface area contributed by atoms with E-state index in [1.54, 1.807) is 31.2 Å². The highest BCUT2D eigenvalue weighted by Crippen LogP contribution is 2.30. The molecule has 2 amide bonds. The van der Waals surface area contributed by atoms with Crippen LogP contribution in [0, 0.1) is 31.4 Å². The van der Waals surface area contributed by atoms with Gasteiger partial charge in [-0.2, -0.15) is 0 Å². The standard InChI is InChI=1S/C24H31F2N3O5S.C2H2/c1-5-11-27-22(30)16-29(13-12-28(4)24(31)33-6-2)35(32)19-14-20(25)23(21(26)15-19)34-18-9-7-17(3)8-10-18;1-2/h7-10,14-15H,5-6,11-13,16H2,1-4H3,(H,27,30);1-2H. The number of rotatable bonds is 12. The molecule has 0 fully saturated rings. The predicted octanol–water partition coefficient (Wildman–Crippen LogP) is 4.25. The molecule has 1 unspecified atom stereocenters. The topological polar surface area (TPSA) is 88.2 Å². The quantitative estimate of drug-likeness (QED) is 0.409. The third-order valence-corrected chi connectivity index (χ3v) is 6.22. The van der Waals surface area contributed by atoms with Crippen molar-refractivity contribution in [3.05, 3.63) is 53.6 Å². The second-order valence-corrected chi connectivity index (χ2v) is 9.20. The summed E-state index contributed by atoms with van der Waals surface area (Å²) in [6.45, 7) is 5.81. The number of carbonyl (C=O) groups excluding carboxylic acids is 2. The number of hydrogen-bond acceptors (Lipinski definition) is 5. The van der Waals surface area contributed by atoms with E-state index in [9.17, 15) is 22.6 Å². The van der Waals surface area contributed by atoms with Gasteiger partial charge in [0, 0.05) is 26.7 Å². The van der Waals surface area contributed by atoms with Crippen LogP contribution in [0.25, 0.3) is 0 Å². The molecule has 1 N–H and O–H groups in total. The summed E-state index contributed by atoms with van der Waals surface area (Å²) in [4.78, 5) is 25.2. The number of nitrogens with one attached hydrogen (secondary N) is 1. The number of likely N-dealkylation sites (N-methyl/N-ethyl adjacent to an activating group) is 1. The van der Waals surface area contributed by atoms with Gasteiger partial charge in [-0.05, 0) is 44.5 Å². The predicted molar refractivity (Wildman–Crippen MR) is 138 cm³/mol. The first-order chi connectivity index (χ1) is 17.7. The highest BCUT2D eigenvalue weighted by molar-refractivity contribution is 7.82. The molecule has 2 aromatic rings. The van der Waals surface area contributed by atoms with Crippen LogP contribution >= 0.6 is 0 Å². The van der Waals surface area contributed by atoms with Crippen molar-refractivity contribution < 1.29 is 32.1 Å². The highest BCUT2D eigenvalue weighted by Gasteiger charge is 2.24. The molecule has 0 saturated heterocycles. The lowest BCUT2D eigenvalue weighted by atomic mass is 10.2. The van der Waals surface area contributed by atoms with Crippen LogP contribution in [0.2, 0.25) is 0 Å². The zero-order valence-electron chi connectivity index (χ0n) is 21.5. The second kappa shape index (κ2) is 16.3. The van der Waals surface area contributed by atoms with Crippen molar-refractivity contribution in [2.75, 3.05) is 39.8 Å². The Morgan fingerprint density at radius 3 is 2.19 bits per heavy atom. The fraction of sp³-hybridized carbons (Fsp3) is 0.385. The van der Waals surface area contributed by atoms with Gasteiger partial charge in [0.05, 0.1) is 18.0 Å². The second-order valence-electron chi connectivity index (χ2n) is 7.71. The van der Waals surface area contributed by atoms with Crippen molar-refractivity contribution in [2.24, 2.45) is 0 Å². The molecule has 0 aliphatic carbocycles. The van der Waals surface area contributed by atoms with E-state index in [2.05, 4.69) is 18.2 Å². The Labute approximate surface area is 219 Å². The minimum Gasteiger partial charge on any atom is -0.451 e. The number of benzene rings is 2. The average molecular weight is 538 g/mol. The summed E-state index contributed by atoms with van der Waals surface area (Å²) in [5, 5.41) is 2.67. The van der Waals surface area contributed by atoms with Crippen molar-refractivity contribution in [3.8, 4) is 24.3 Å². The number of hydrogen-bond donors (Lipinski definition) is 1. The van der Waals surface area contributed by atoms with Gasteiger partial charge in [0.25, 0.3) is 0 Å². The zero-order valence-corrected chi connectivity index (χ0v) is 22.3. The number of aryl methyl sites for hydroxylation is 1. The molecule has 0 aliphatic heterocycles. The molecule has 202 valence electrons. The van der Waals surface area contributed by atoms with E-state index in [-0.39, 0.29) is 36.9 Å². The molecule has 0 bridgehead atoms. The lowest BCUT2D eigenvalue weighted by molar-refractivity contribution is -0.121. The minimum atomic E-state index is -2.10. The van der Waals surface area contributed by atoms with Crippen molar-refractivity contribution >= 4 is 23.0 Å². The number of nitrogens with zero attached hydrogens (tertiary/aromatic N) is 2. The molecule has 0 heterocycles. The Morgan fingerprint density at radius 2 is 1.65 bits per heavy atom. The van der Waals surface area contributed by atoms with Crippen molar-refractivity contribution in [3.63, 3.8) is 0 Å². The van der Waals surface area contributed by atoms with E-state index in [4.69, 9.17) is 9.47 Å². The van der Waals surface area contributed by atoms with Crippen molar-refractivity contribution in [1.29, 1.82) is 0 Å². The van der Waals surface area contributed by atoms with E-state index in [0.717, 1.165) is 17.7 Å². The summed E-state index contributed by atoms with van der Waals surface area (Å²) < 4.78 is 54.2. The Balaban J connectivity index is 0.00000334. The fourth-order valence-corrected chi connectivity index (χ4v) is 4.08. The molecule has 11 heteroatoms. The van der Waals surface area contributed by atoms with Crippen LogP contribution in [0.1, 0.15) is 25.8 Å². The maximum Gasteiger partial charge on any atom is 0.409 e. The fourth-order valence-electron chi connectivity index (χ4n) is 2.90. The van der Waals surface area contributed by atoms with Gasteiger partial charge in [0.2, 0.25) is 5.91 Å². The first-order valence-corrected chi connectivity index (χ1v) is 12.6. The summed E-state index contributed by atoms with van der Waals surface area (Å²) >= 11 is 0.